The molecule has 0 fully saturated rings. The molecule has 0 spiro atoms. The summed E-state index contributed by atoms with van der Waals surface area (Å²) in [5.41, 5.74) is 2.31. The number of hydrogen-bond donors (Lipinski definition) is 0. The predicted molar refractivity (Wildman–Crippen MR) is 123 cm³/mol. The van der Waals surface area contributed by atoms with Crippen molar-refractivity contribution in [2.24, 2.45) is 0 Å². The number of phosphoric ester groups is 1. The molecule has 0 saturated heterocycles. The first kappa shape index (κ1) is 22.5. The molecule has 0 amide bonds. The van der Waals surface area contributed by atoms with Crippen LogP contribution in [0.4, 0.5) is 0 Å². The van der Waals surface area contributed by atoms with Gasteiger partial charge in [-0.15, -0.1) is 0 Å². The second kappa shape index (κ2) is 10.7. The summed E-state index contributed by atoms with van der Waals surface area (Å²) < 4.78 is 35.9. The molecule has 0 aliphatic carbocycles. The molecule has 6 heteroatoms. The van der Waals surface area contributed by atoms with Crippen molar-refractivity contribution >= 4 is 7.82 Å². The maximum absolute atomic E-state index is 13.3. The number of rotatable bonds is 11. The van der Waals surface area contributed by atoms with E-state index in [2.05, 4.69) is 12.6 Å². The van der Waals surface area contributed by atoms with Crippen LogP contribution in [0.15, 0.2) is 91.2 Å². The van der Waals surface area contributed by atoms with Crippen LogP contribution in [0.2, 0.25) is 0 Å². The molecule has 0 atom stereocenters. The molecule has 0 saturated carbocycles. The maximum Gasteiger partial charge on any atom is 0.646 e. The number of benzene rings is 3. The van der Waals surface area contributed by atoms with E-state index in [1.165, 1.54) is 0 Å². The monoisotopic (exact) mass is 438 g/mol. The normalized spacial score (nSPS) is 10.9. The number of phosphoric acid groups is 1. The number of allylic oxidation sites excluding steroid dienone is 1. The van der Waals surface area contributed by atoms with Gasteiger partial charge in [-0.3, -0.25) is 0 Å². The molecule has 5 nitrogen and oxygen atoms in total. The highest BCUT2D eigenvalue weighted by atomic mass is 31.2. The minimum atomic E-state index is -3.98. The van der Waals surface area contributed by atoms with Crippen molar-refractivity contribution in [3.05, 3.63) is 102 Å². The van der Waals surface area contributed by atoms with Crippen molar-refractivity contribution in [2.75, 3.05) is 6.61 Å². The second-order valence-corrected chi connectivity index (χ2v) is 8.60. The summed E-state index contributed by atoms with van der Waals surface area (Å²) in [6.45, 7) is 8.44. The molecule has 0 N–H and O–H groups in total. The fraction of sp³-hybridized carbons (Fsp3) is 0.200. The van der Waals surface area contributed by atoms with Gasteiger partial charge >= 0.3 is 7.82 Å². The Kier molecular flexibility index (Phi) is 7.80. The van der Waals surface area contributed by atoms with Gasteiger partial charge in [0.15, 0.2) is 0 Å². The maximum atomic E-state index is 13.3. The average Bonchev–Trinajstić information content (AvgIpc) is 2.72. The van der Waals surface area contributed by atoms with E-state index in [1.807, 2.05) is 38.1 Å². The first-order valence-electron chi connectivity index (χ1n) is 10.1. The zero-order valence-electron chi connectivity index (χ0n) is 17.8. The summed E-state index contributed by atoms with van der Waals surface area (Å²) in [6, 6.07) is 23.6. The van der Waals surface area contributed by atoms with Crippen LogP contribution >= 0.6 is 7.82 Å². The summed E-state index contributed by atoms with van der Waals surface area (Å²) in [4.78, 5) is 0. The Hall–Kier alpha value is -3.17. The predicted octanol–water partition coefficient (Wildman–Crippen LogP) is 7.26. The molecular formula is C25H27O5P. The molecule has 3 rings (SSSR count). The van der Waals surface area contributed by atoms with Crippen molar-refractivity contribution < 1.29 is 22.9 Å². The van der Waals surface area contributed by atoms with E-state index < -0.39 is 7.82 Å². The van der Waals surface area contributed by atoms with Gasteiger partial charge in [0.05, 0.1) is 6.61 Å². The van der Waals surface area contributed by atoms with Crippen LogP contribution in [0.3, 0.4) is 0 Å². The van der Waals surface area contributed by atoms with Crippen molar-refractivity contribution in [3.8, 4) is 17.2 Å². The highest BCUT2D eigenvalue weighted by Gasteiger charge is 2.33. The van der Waals surface area contributed by atoms with Gasteiger partial charge in [0.1, 0.15) is 23.0 Å². The summed E-state index contributed by atoms with van der Waals surface area (Å²) >= 11 is 0. The van der Waals surface area contributed by atoms with Gasteiger partial charge in [-0.1, -0.05) is 49.0 Å². The highest BCUT2D eigenvalue weighted by Crippen LogP contribution is 2.51. The Morgan fingerprint density at radius 1 is 0.806 bits per heavy atom. The van der Waals surface area contributed by atoms with Crippen LogP contribution in [0, 0.1) is 13.8 Å². The van der Waals surface area contributed by atoms with Crippen LogP contribution in [-0.4, -0.2) is 6.61 Å². The Labute approximate surface area is 183 Å². The van der Waals surface area contributed by atoms with E-state index in [0.717, 1.165) is 16.9 Å². The van der Waals surface area contributed by atoms with Crippen LogP contribution in [0.25, 0.3) is 0 Å². The lowest BCUT2D eigenvalue weighted by atomic mass is 10.1. The minimum absolute atomic E-state index is 0.305. The quantitative estimate of drug-likeness (QED) is 0.179. The third kappa shape index (κ3) is 7.54. The lowest BCUT2D eigenvalue weighted by molar-refractivity contribution is 0.243. The number of ether oxygens (including phenoxy) is 1. The lowest BCUT2D eigenvalue weighted by Crippen LogP contribution is -2.06. The Bertz CT molecular complexity index is 969. The van der Waals surface area contributed by atoms with Gasteiger partial charge in [-0.05, 0) is 67.8 Å². The van der Waals surface area contributed by atoms with Crippen molar-refractivity contribution in [3.63, 3.8) is 0 Å². The van der Waals surface area contributed by atoms with Crippen molar-refractivity contribution in [2.45, 2.75) is 26.7 Å². The Morgan fingerprint density at radius 2 is 1.32 bits per heavy atom. The van der Waals surface area contributed by atoms with Gasteiger partial charge < -0.3 is 18.3 Å². The SMILES string of the molecule is C=C(CCCOc1cc(C)cc(C)c1)OP(=O)(Oc1ccccc1)Oc1ccccc1. The Balaban J connectivity index is 1.57. The molecule has 0 radical (unpaired) electrons. The zero-order chi connectivity index (χ0) is 22.1. The molecule has 31 heavy (non-hydrogen) atoms. The smallest absolute Gasteiger partial charge is 0.494 e. The van der Waals surface area contributed by atoms with E-state index >= 15 is 0 Å². The standard InChI is InChI=1S/C25H27O5P/c1-20-17-21(2)19-25(18-20)27-16-10-11-22(3)28-31(26,29-23-12-6-4-7-13-23)30-24-14-8-5-9-15-24/h4-9,12-15,17-19H,3,10-11,16H2,1-2H3. The molecule has 0 bridgehead atoms. The zero-order valence-corrected chi connectivity index (χ0v) is 18.7. The van der Waals surface area contributed by atoms with Gasteiger partial charge in [0.25, 0.3) is 0 Å². The van der Waals surface area contributed by atoms with E-state index in [4.69, 9.17) is 18.3 Å². The fourth-order valence-corrected chi connectivity index (χ4v) is 4.24. The summed E-state index contributed by atoms with van der Waals surface area (Å²) in [7, 11) is -3.98. The van der Waals surface area contributed by atoms with E-state index in [1.54, 1.807) is 48.5 Å². The first-order valence-corrected chi connectivity index (χ1v) is 11.6. The summed E-state index contributed by atoms with van der Waals surface area (Å²) in [5.74, 6) is 1.90. The van der Waals surface area contributed by atoms with Gasteiger partial charge in [0.2, 0.25) is 0 Å². The number of hydrogen-bond acceptors (Lipinski definition) is 5. The van der Waals surface area contributed by atoms with Crippen LogP contribution in [0.1, 0.15) is 24.0 Å². The molecule has 3 aromatic rings. The third-order valence-electron chi connectivity index (χ3n) is 4.23. The van der Waals surface area contributed by atoms with Crippen LogP contribution in [-0.2, 0) is 9.09 Å². The fourth-order valence-electron chi connectivity index (χ4n) is 2.96. The van der Waals surface area contributed by atoms with Crippen LogP contribution in [0.5, 0.6) is 17.2 Å². The third-order valence-corrected chi connectivity index (χ3v) is 5.58. The lowest BCUT2D eigenvalue weighted by Gasteiger charge is -2.20. The topological polar surface area (TPSA) is 54.0 Å². The second-order valence-electron chi connectivity index (χ2n) is 7.16. The van der Waals surface area contributed by atoms with Gasteiger partial charge in [-0.25, -0.2) is 0 Å². The van der Waals surface area contributed by atoms with Gasteiger partial charge in [-0.2, -0.15) is 4.57 Å². The molecule has 0 heterocycles. The van der Waals surface area contributed by atoms with Crippen molar-refractivity contribution in [1.29, 1.82) is 0 Å². The van der Waals surface area contributed by atoms with Gasteiger partial charge in [0, 0.05) is 6.42 Å². The van der Waals surface area contributed by atoms with E-state index in [9.17, 15) is 4.57 Å². The number of para-hydroxylation sites is 2. The van der Waals surface area contributed by atoms with E-state index in [0.29, 0.717) is 36.7 Å². The summed E-state index contributed by atoms with van der Waals surface area (Å²) in [6.07, 6.45) is 1.09. The highest BCUT2D eigenvalue weighted by molar-refractivity contribution is 7.49. The average molecular weight is 438 g/mol. The van der Waals surface area contributed by atoms with Crippen molar-refractivity contribution in [1.82, 2.24) is 0 Å². The molecule has 162 valence electrons. The number of aryl methyl sites for hydroxylation is 2. The molecular weight excluding hydrogens is 411 g/mol. The van der Waals surface area contributed by atoms with Crippen LogP contribution < -0.4 is 13.8 Å². The minimum Gasteiger partial charge on any atom is -0.494 e. The molecule has 0 aliphatic heterocycles. The molecule has 0 unspecified atom stereocenters. The Morgan fingerprint density at radius 3 is 1.84 bits per heavy atom. The largest absolute Gasteiger partial charge is 0.646 e. The van der Waals surface area contributed by atoms with E-state index in [-0.39, 0.29) is 0 Å². The molecule has 3 aromatic carbocycles. The summed E-state index contributed by atoms with van der Waals surface area (Å²) in [5, 5.41) is 0. The first-order chi connectivity index (χ1) is 14.9. The molecule has 0 aliphatic rings. The molecule has 0 aromatic heterocycles.